The molecule has 0 bridgehead atoms. The van der Waals surface area contributed by atoms with Crippen LogP contribution in [0.5, 0.6) is 0 Å². The predicted molar refractivity (Wildman–Crippen MR) is 127 cm³/mol. The third-order valence-electron chi connectivity index (χ3n) is 5.47. The van der Waals surface area contributed by atoms with Crippen LogP contribution in [0.15, 0.2) is 18.3 Å². The van der Waals surface area contributed by atoms with Crippen molar-refractivity contribution in [3.63, 3.8) is 0 Å². The number of pyridine rings is 1. The number of nitrogens with one attached hydrogen (secondary N) is 2. The van der Waals surface area contributed by atoms with E-state index in [4.69, 9.17) is 19.6 Å². The Morgan fingerprint density at radius 2 is 2.15 bits per heavy atom. The summed E-state index contributed by atoms with van der Waals surface area (Å²) in [7, 11) is 0. The molecule has 4 heterocycles. The van der Waals surface area contributed by atoms with Gasteiger partial charge in [0.2, 0.25) is 0 Å². The molecule has 1 amide bonds. The number of fused-ring (bicyclic) bond motifs is 1. The maximum Gasteiger partial charge on any atom is 0.407 e. The van der Waals surface area contributed by atoms with E-state index in [1.165, 1.54) is 6.92 Å². The zero-order valence-electron chi connectivity index (χ0n) is 20.2. The predicted octanol–water partition coefficient (Wildman–Crippen LogP) is 2.77. The molecule has 0 spiro atoms. The number of hydrogen-bond donors (Lipinski definition) is 2. The highest BCUT2D eigenvalue weighted by Gasteiger charge is 2.26. The molecule has 1 saturated heterocycles. The van der Waals surface area contributed by atoms with Crippen LogP contribution in [0.1, 0.15) is 45.0 Å². The summed E-state index contributed by atoms with van der Waals surface area (Å²) in [6, 6.07) is 3.76. The van der Waals surface area contributed by atoms with Crippen molar-refractivity contribution in [3.8, 4) is 11.4 Å². The van der Waals surface area contributed by atoms with Gasteiger partial charge in [-0.3, -0.25) is 14.6 Å². The van der Waals surface area contributed by atoms with Crippen molar-refractivity contribution in [2.45, 2.75) is 52.8 Å². The monoisotopic (exact) mass is 469 g/mol. The van der Waals surface area contributed by atoms with E-state index in [1.807, 2.05) is 32.9 Å². The summed E-state index contributed by atoms with van der Waals surface area (Å²) in [6.45, 7) is 11.5. The van der Waals surface area contributed by atoms with Crippen LogP contribution in [0.2, 0.25) is 0 Å². The zero-order valence-corrected chi connectivity index (χ0v) is 20.2. The minimum Gasteiger partial charge on any atom is -0.444 e. The van der Waals surface area contributed by atoms with E-state index in [0.717, 1.165) is 0 Å². The van der Waals surface area contributed by atoms with Gasteiger partial charge in [-0.1, -0.05) is 0 Å². The number of ketones is 1. The first kappa shape index (κ1) is 23.7. The first-order valence-electron chi connectivity index (χ1n) is 11.4. The van der Waals surface area contributed by atoms with Gasteiger partial charge < -0.3 is 19.7 Å². The fourth-order valence-corrected chi connectivity index (χ4v) is 3.96. The summed E-state index contributed by atoms with van der Waals surface area (Å²) in [4.78, 5) is 31.9. The minimum atomic E-state index is -0.588. The Hall–Kier alpha value is -3.47. The van der Waals surface area contributed by atoms with Gasteiger partial charge in [0.25, 0.3) is 0 Å². The third-order valence-corrected chi connectivity index (χ3v) is 5.47. The smallest absolute Gasteiger partial charge is 0.407 e. The van der Waals surface area contributed by atoms with E-state index >= 15 is 0 Å². The van der Waals surface area contributed by atoms with Crippen LogP contribution in [0.3, 0.4) is 0 Å². The van der Waals surface area contributed by atoms with Crippen LogP contribution < -0.4 is 10.2 Å². The molecule has 0 aliphatic carbocycles. The lowest BCUT2D eigenvalue weighted by Gasteiger charge is -2.34. The van der Waals surface area contributed by atoms with Crippen molar-refractivity contribution in [1.29, 1.82) is 0 Å². The van der Waals surface area contributed by atoms with E-state index < -0.39 is 11.7 Å². The van der Waals surface area contributed by atoms with Crippen LogP contribution >= 0.6 is 0 Å². The number of H-pyrrole nitrogens is 1. The topological polar surface area (TPSA) is 127 Å². The maximum atomic E-state index is 12.7. The Morgan fingerprint density at radius 1 is 1.35 bits per heavy atom. The van der Waals surface area contributed by atoms with Gasteiger partial charge in [0, 0.05) is 24.8 Å². The average molecular weight is 470 g/mol. The van der Waals surface area contributed by atoms with Crippen molar-refractivity contribution in [2.75, 3.05) is 31.2 Å². The lowest BCUT2D eigenvalue weighted by Crippen LogP contribution is -2.44. The highest BCUT2D eigenvalue weighted by Crippen LogP contribution is 2.31. The number of alkyl carbamates (subject to hydrolysis) is 1. The Labute approximate surface area is 197 Å². The molecule has 2 N–H and O–H groups in total. The van der Waals surface area contributed by atoms with Gasteiger partial charge >= 0.3 is 6.09 Å². The molecule has 3 aromatic heterocycles. The maximum absolute atomic E-state index is 12.7. The van der Waals surface area contributed by atoms with Crippen molar-refractivity contribution >= 4 is 28.7 Å². The van der Waals surface area contributed by atoms with Gasteiger partial charge in [0.1, 0.15) is 22.6 Å². The summed E-state index contributed by atoms with van der Waals surface area (Å²) in [5, 5.41) is 14.5. The van der Waals surface area contributed by atoms with Crippen molar-refractivity contribution in [3.05, 3.63) is 23.9 Å². The molecule has 1 fully saturated rings. The van der Waals surface area contributed by atoms with Crippen LogP contribution in [-0.4, -0.2) is 74.8 Å². The van der Waals surface area contributed by atoms with Gasteiger partial charge in [0.05, 0.1) is 37.0 Å². The standard InChI is InChI=1S/C23H31N7O4/c1-14-13-33-11-10-29(14)18-12-16(15(2)31)21-20(26-18)19(17-6-7-25-27-17)28-30(21)9-8-24-22(32)34-23(3,4)5/h6-7,12,14H,8-11,13H2,1-5H3,(H,24,32)(H,25,27)/t14-/m1/s1. The second kappa shape index (κ2) is 9.41. The molecule has 0 saturated carbocycles. The number of aromatic amines is 1. The van der Waals surface area contributed by atoms with Gasteiger partial charge in [-0.15, -0.1) is 0 Å². The largest absolute Gasteiger partial charge is 0.444 e. The van der Waals surface area contributed by atoms with Gasteiger partial charge in [-0.2, -0.15) is 10.2 Å². The number of carbonyl (C=O) groups is 2. The molecule has 0 unspecified atom stereocenters. The fraction of sp³-hybridized carbons (Fsp3) is 0.522. The van der Waals surface area contributed by atoms with Crippen LogP contribution in [0.25, 0.3) is 22.4 Å². The zero-order chi connectivity index (χ0) is 24.5. The minimum absolute atomic E-state index is 0.0908. The molecule has 4 rings (SSSR count). The Morgan fingerprint density at radius 3 is 2.79 bits per heavy atom. The van der Waals surface area contributed by atoms with E-state index in [9.17, 15) is 9.59 Å². The number of morpholine rings is 1. The van der Waals surface area contributed by atoms with E-state index in [-0.39, 0.29) is 18.4 Å². The fourth-order valence-electron chi connectivity index (χ4n) is 3.96. The van der Waals surface area contributed by atoms with E-state index in [2.05, 4.69) is 27.3 Å². The first-order chi connectivity index (χ1) is 16.1. The Kier molecular flexibility index (Phi) is 6.56. The number of nitrogens with zero attached hydrogens (tertiary/aromatic N) is 5. The number of ether oxygens (including phenoxy) is 2. The van der Waals surface area contributed by atoms with Crippen molar-refractivity contribution in [1.82, 2.24) is 30.3 Å². The number of amides is 1. The number of Topliss-reactive ketones (excluding diaryl/α,β-unsaturated/α-hetero) is 1. The van der Waals surface area contributed by atoms with Crippen LogP contribution in [0, 0.1) is 0 Å². The molecule has 1 atom stereocenters. The number of rotatable bonds is 6. The Bertz CT molecular complexity index is 1180. The SMILES string of the molecule is CC(=O)c1cc(N2CCOC[C@H]2C)nc2c(-c3ccn[nH]3)nn(CCNC(=O)OC(C)(C)C)c12. The summed E-state index contributed by atoms with van der Waals surface area (Å²) >= 11 is 0. The number of carbonyl (C=O) groups excluding carboxylic acids is 2. The lowest BCUT2D eigenvalue weighted by atomic mass is 10.1. The van der Waals surface area contributed by atoms with E-state index in [1.54, 1.807) is 10.9 Å². The lowest BCUT2D eigenvalue weighted by molar-refractivity contribution is 0.0525. The van der Waals surface area contributed by atoms with Crippen molar-refractivity contribution in [2.24, 2.45) is 0 Å². The van der Waals surface area contributed by atoms with Gasteiger partial charge in [-0.25, -0.2) is 9.78 Å². The molecular weight excluding hydrogens is 438 g/mol. The number of hydrogen-bond acceptors (Lipinski definition) is 8. The molecule has 1 aliphatic rings. The quantitative estimate of drug-likeness (QED) is 0.528. The molecule has 11 nitrogen and oxygen atoms in total. The highest BCUT2D eigenvalue weighted by molar-refractivity contribution is 6.08. The average Bonchev–Trinajstić information content (AvgIpc) is 3.40. The summed E-state index contributed by atoms with van der Waals surface area (Å²) in [5.41, 5.74) is 2.44. The second-order valence-electron chi connectivity index (χ2n) is 9.37. The van der Waals surface area contributed by atoms with Crippen molar-refractivity contribution < 1.29 is 19.1 Å². The number of aromatic nitrogens is 5. The summed E-state index contributed by atoms with van der Waals surface area (Å²) in [6.07, 6.45) is 1.13. The van der Waals surface area contributed by atoms with Crippen LogP contribution in [0.4, 0.5) is 10.6 Å². The highest BCUT2D eigenvalue weighted by atomic mass is 16.6. The molecule has 11 heteroatoms. The normalized spacial score (nSPS) is 16.6. The molecule has 3 aromatic rings. The second-order valence-corrected chi connectivity index (χ2v) is 9.37. The molecule has 0 aromatic carbocycles. The summed E-state index contributed by atoms with van der Waals surface area (Å²) in [5.74, 6) is 0.618. The summed E-state index contributed by atoms with van der Waals surface area (Å²) < 4.78 is 12.6. The van der Waals surface area contributed by atoms with Gasteiger partial charge in [-0.05, 0) is 46.8 Å². The molecule has 0 radical (unpaired) electrons. The molecule has 182 valence electrons. The first-order valence-corrected chi connectivity index (χ1v) is 11.4. The Balaban J connectivity index is 1.74. The molecule has 1 aliphatic heterocycles. The molecule has 34 heavy (non-hydrogen) atoms. The number of anilines is 1. The molecular formula is C23H31N7O4. The van der Waals surface area contributed by atoms with E-state index in [0.29, 0.717) is 60.1 Å². The van der Waals surface area contributed by atoms with Gasteiger partial charge in [0.15, 0.2) is 5.78 Å². The van der Waals surface area contributed by atoms with Crippen LogP contribution in [-0.2, 0) is 16.0 Å². The third kappa shape index (κ3) is 5.04.